The van der Waals surface area contributed by atoms with Crippen LogP contribution in [0.3, 0.4) is 0 Å². The molecule has 1 aliphatic carbocycles. The predicted octanol–water partition coefficient (Wildman–Crippen LogP) is 2.81. The first kappa shape index (κ1) is 14.6. The fourth-order valence-corrected chi connectivity index (χ4v) is 3.79. The zero-order chi connectivity index (χ0) is 14.8. The molecule has 1 saturated carbocycles. The number of hydrogen-bond donors (Lipinski definition) is 2. The summed E-state index contributed by atoms with van der Waals surface area (Å²) in [6, 6.07) is 8.46. The highest BCUT2D eigenvalue weighted by atomic mass is 16.2. The zero-order valence-electron chi connectivity index (χ0n) is 13.1. The maximum Gasteiger partial charge on any atom is 0.241 e. The van der Waals surface area contributed by atoms with Gasteiger partial charge in [-0.25, -0.2) is 0 Å². The minimum Gasteiger partial charge on any atom is -0.351 e. The second kappa shape index (κ2) is 6.18. The van der Waals surface area contributed by atoms with Gasteiger partial charge in [0, 0.05) is 12.6 Å². The van der Waals surface area contributed by atoms with Crippen molar-refractivity contribution in [3.8, 4) is 0 Å². The van der Waals surface area contributed by atoms with E-state index in [2.05, 4.69) is 42.7 Å². The molecule has 0 bridgehead atoms. The van der Waals surface area contributed by atoms with Crippen molar-refractivity contribution >= 4 is 5.91 Å². The van der Waals surface area contributed by atoms with Crippen molar-refractivity contribution in [2.45, 2.75) is 51.6 Å². The van der Waals surface area contributed by atoms with Crippen LogP contribution in [0.4, 0.5) is 0 Å². The highest BCUT2D eigenvalue weighted by Crippen LogP contribution is 2.30. The average Bonchev–Trinajstić information content (AvgIpc) is 2.51. The van der Waals surface area contributed by atoms with Crippen LogP contribution in [-0.2, 0) is 11.2 Å². The normalized spacial score (nSPS) is 32.3. The summed E-state index contributed by atoms with van der Waals surface area (Å²) in [5, 5.41) is 6.69. The topological polar surface area (TPSA) is 41.1 Å². The van der Waals surface area contributed by atoms with Crippen molar-refractivity contribution in [1.29, 1.82) is 0 Å². The van der Waals surface area contributed by atoms with Crippen molar-refractivity contribution in [1.82, 2.24) is 10.6 Å². The smallest absolute Gasteiger partial charge is 0.241 e. The summed E-state index contributed by atoms with van der Waals surface area (Å²) >= 11 is 0. The molecule has 0 aromatic heterocycles. The van der Waals surface area contributed by atoms with Gasteiger partial charge in [0.05, 0.1) is 0 Å². The van der Waals surface area contributed by atoms with Gasteiger partial charge in [-0.2, -0.15) is 0 Å². The van der Waals surface area contributed by atoms with Crippen molar-refractivity contribution in [2.24, 2.45) is 11.8 Å². The van der Waals surface area contributed by atoms with Gasteiger partial charge in [0.2, 0.25) is 5.91 Å². The van der Waals surface area contributed by atoms with E-state index in [4.69, 9.17) is 0 Å². The van der Waals surface area contributed by atoms with E-state index in [1.165, 1.54) is 18.4 Å². The van der Waals surface area contributed by atoms with Crippen molar-refractivity contribution in [3.63, 3.8) is 0 Å². The fourth-order valence-electron chi connectivity index (χ4n) is 3.79. The predicted molar refractivity (Wildman–Crippen MR) is 85.0 cm³/mol. The second-order valence-corrected chi connectivity index (χ2v) is 6.72. The average molecular weight is 286 g/mol. The van der Waals surface area contributed by atoms with Gasteiger partial charge in [0.25, 0.3) is 0 Å². The molecule has 1 heterocycles. The van der Waals surface area contributed by atoms with E-state index < -0.39 is 0 Å². The summed E-state index contributed by atoms with van der Waals surface area (Å²) < 4.78 is 0. The fraction of sp³-hybridized carbons (Fsp3) is 0.611. The van der Waals surface area contributed by atoms with E-state index >= 15 is 0 Å². The molecule has 4 atom stereocenters. The first-order valence-electron chi connectivity index (χ1n) is 8.28. The van der Waals surface area contributed by atoms with Gasteiger partial charge in [-0.1, -0.05) is 51.0 Å². The van der Waals surface area contributed by atoms with Crippen LogP contribution in [0.25, 0.3) is 0 Å². The van der Waals surface area contributed by atoms with E-state index in [1.54, 1.807) is 0 Å². The molecule has 3 nitrogen and oxygen atoms in total. The van der Waals surface area contributed by atoms with Gasteiger partial charge >= 0.3 is 0 Å². The standard InChI is InChI=1S/C18H26N2O/c1-12-6-5-9-16(13(12)2)20-18(21)17-15-8-4-3-7-14(15)10-11-19-17/h3-4,7-8,12-13,16-17,19H,5-6,9-11H2,1-2H3,(H,20,21). The summed E-state index contributed by atoms with van der Waals surface area (Å²) in [4.78, 5) is 12.7. The third-order valence-corrected chi connectivity index (χ3v) is 5.41. The number of nitrogens with one attached hydrogen (secondary N) is 2. The molecule has 21 heavy (non-hydrogen) atoms. The van der Waals surface area contributed by atoms with Crippen molar-refractivity contribution in [2.75, 3.05) is 6.54 Å². The monoisotopic (exact) mass is 286 g/mol. The molecule has 1 fully saturated rings. The van der Waals surface area contributed by atoms with Gasteiger partial charge in [0.15, 0.2) is 0 Å². The van der Waals surface area contributed by atoms with E-state index in [9.17, 15) is 4.79 Å². The number of amides is 1. The zero-order valence-corrected chi connectivity index (χ0v) is 13.1. The van der Waals surface area contributed by atoms with Crippen LogP contribution in [0.1, 0.15) is 50.3 Å². The Labute approximate surface area is 127 Å². The minimum absolute atomic E-state index is 0.146. The quantitative estimate of drug-likeness (QED) is 0.878. The molecule has 3 rings (SSSR count). The molecule has 0 radical (unpaired) electrons. The summed E-state index contributed by atoms with van der Waals surface area (Å²) in [5.74, 6) is 1.42. The molecule has 1 aliphatic heterocycles. The lowest BCUT2D eigenvalue weighted by atomic mass is 9.78. The van der Waals surface area contributed by atoms with Gasteiger partial charge in [-0.05, 0) is 35.8 Å². The Kier molecular flexibility index (Phi) is 4.29. The van der Waals surface area contributed by atoms with Gasteiger partial charge in [-0.3, -0.25) is 4.79 Å². The van der Waals surface area contributed by atoms with E-state index in [0.29, 0.717) is 17.9 Å². The lowest BCUT2D eigenvalue weighted by Gasteiger charge is -2.36. The maximum atomic E-state index is 12.7. The Bertz CT molecular complexity index is 514. The summed E-state index contributed by atoms with van der Waals surface area (Å²) in [7, 11) is 0. The molecule has 4 unspecified atom stereocenters. The lowest BCUT2D eigenvalue weighted by molar-refractivity contribution is -0.124. The molecule has 0 spiro atoms. The summed E-state index contributed by atoms with van der Waals surface area (Å²) in [6.45, 7) is 5.46. The second-order valence-electron chi connectivity index (χ2n) is 6.72. The molecule has 1 aromatic rings. The largest absolute Gasteiger partial charge is 0.351 e. The van der Waals surface area contributed by atoms with E-state index in [0.717, 1.165) is 24.9 Å². The minimum atomic E-state index is -0.181. The number of benzene rings is 1. The molecule has 2 aliphatic rings. The molecule has 1 aromatic carbocycles. The summed E-state index contributed by atoms with van der Waals surface area (Å²) in [5.41, 5.74) is 2.46. The van der Waals surface area contributed by atoms with Crippen LogP contribution in [0.5, 0.6) is 0 Å². The Morgan fingerprint density at radius 1 is 1.24 bits per heavy atom. The number of rotatable bonds is 2. The number of carbonyl (C=O) groups excluding carboxylic acids is 1. The van der Waals surface area contributed by atoms with Crippen LogP contribution >= 0.6 is 0 Å². The first-order chi connectivity index (χ1) is 10.2. The van der Waals surface area contributed by atoms with E-state index in [1.807, 2.05) is 6.07 Å². The molecule has 0 saturated heterocycles. The van der Waals surface area contributed by atoms with Crippen LogP contribution in [0.15, 0.2) is 24.3 Å². The Hall–Kier alpha value is -1.35. The number of fused-ring (bicyclic) bond motifs is 1. The molecular formula is C18H26N2O. The van der Waals surface area contributed by atoms with Crippen LogP contribution in [-0.4, -0.2) is 18.5 Å². The third kappa shape index (κ3) is 2.98. The third-order valence-electron chi connectivity index (χ3n) is 5.41. The Balaban J connectivity index is 1.72. The van der Waals surface area contributed by atoms with Crippen LogP contribution in [0, 0.1) is 11.8 Å². The van der Waals surface area contributed by atoms with Gasteiger partial charge < -0.3 is 10.6 Å². The Morgan fingerprint density at radius 2 is 2.05 bits per heavy atom. The number of hydrogen-bond acceptors (Lipinski definition) is 2. The lowest BCUT2D eigenvalue weighted by Crippen LogP contribution is -2.49. The molecule has 3 heteroatoms. The van der Waals surface area contributed by atoms with Crippen LogP contribution < -0.4 is 10.6 Å². The van der Waals surface area contributed by atoms with Crippen molar-refractivity contribution in [3.05, 3.63) is 35.4 Å². The van der Waals surface area contributed by atoms with Gasteiger partial charge in [0.1, 0.15) is 6.04 Å². The number of carbonyl (C=O) groups is 1. The van der Waals surface area contributed by atoms with Crippen LogP contribution in [0.2, 0.25) is 0 Å². The van der Waals surface area contributed by atoms with Gasteiger partial charge in [-0.15, -0.1) is 0 Å². The SMILES string of the molecule is CC1CCCC(NC(=O)C2NCCc3ccccc32)C1C. The molecule has 2 N–H and O–H groups in total. The molecule has 1 amide bonds. The molecule has 114 valence electrons. The first-order valence-corrected chi connectivity index (χ1v) is 8.28. The van der Waals surface area contributed by atoms with Crippen molar-refractivity contribution < 1.29 is 4.79 Å². The Morgan fingerprint density at radius 3 is 2.90 bits per heavy atom. The molecular weight excluding hydrogens is 260 g/mol. The maximum absolute atomic E-state index is 12.7. The van der Waals surface area contributed by atoms with E-state index in [-0.39, 0.29) is 11.9 Å². The summed E-state index contributed by atoms with van der Waals surface area (Å²) in [6.07, 6.45) is 4.64. The highest BCUT2D eigenvalue weighted by Gasteiger charge is 2.32. The highest BCUT2D eigenvalue weighted by molar-refractivity contribution is 5.84.